The molecule has 0 bridgehead atoms. The molecule has 2 aromatic carbocycles. The summed E-state index contributed by atoms with van der Waals surface area (Å²) in [7, 11) is 0. The van der Waals surface area contributed by atoms with Gasteiger partial charge < -0.3 is 10.1 Å². The highest BCUT2D eigenvalue weighted by Gasteiger charge is 2.59. The minimum Gasteiger partial charge on any atom is -0.490 e. The van der Waals surface area contributed by atoms with Gasteiger partial charge in [-0.05, 0) is 85.5 Å². The van der Waals surface area contributed by atoms with Crippen LogP contribution in [0, 0.1) is 17.8 Å². The average molecular weight is 455 g/mol. The predicted octanol–water partition coefficient (Wildman–Crippen LogP) is 6.15. The van der Waals surface area contributed by atoms with E-state index in [0.717, 1.165) is 35.9 Å². The van der Waals surface area contributed by atoms with Crippen molar-refractivity contribution in [1.82, 2.24) is 10.3 Å². The maximum atomic E-state index is 12.6. The first kappa shape index (κ1) is 20.6. The van der Waals surface area contributed by atoms with Gasteiger partial charge in [-0.1, -0.05) is 30.1 Å². The summed E-state index contributed by atoms with van der Waals surface area (Å²) in [6.45, 7) is 2.14. The number of rotatable bonds is 6. The number of amides is 1. The van der Waals surface area contributed by atoms with Crippen LogP contribution in [0.5, 0.6) is 5.75 Å². The number of carbonyl (C=O) groups excluding carboxylic acids is 1. The van der Waals surface area contributed by atoms with Crippen LogP contribution in [0.15, 0.2) is 54.7 Å². The Morgan fingerprint density at radius 1 is 1.13 bits per heavy atom. The van der Waals surface area contributed by atoms with E-state index in [0.29, 0.717) is 33.4 Å². The number of carbonyl (C=O) groups is 1. The van der Waals surface area contributed by atoms with Crippen molar-refractivity contribution in [2.24, 2.45) is 17.8 Å². The molecule has 6 heteroatoms. The predicted molar refractivity (Wildman–Crippen MR) is 124 cm³/mol. The number of aromatic nitrogens is 1. The van der Waals surface area contributed by atoms with Crippen LogP contribution in [-0.4, -0.2) is 23.0 Å². The highest BCUT2D eigenvalue weighted by Crippen LogP contribution is 2.60. The van der Waals surface area contributed by atoms with Gasteiger partial charge in [0, 0.05) is 28.2 Å². The van der Waals surface area contributed by atoms with Crippen LogP contribution < -0.4 is 10.1 Å². The zero-order valence-corrected chi connectivity index (χ0v) is 18.7. The fourth-order valence-corrected chi connectivity index (χ4v) is 5.55. The van der Waals surface area contributed by atoms with E-state index < -0.39 is 0 Å². The van der Waals surface area contributed by atoms with E-state index in [9.17, 15) is 4.79 Å². The Balaban J connectivity index is 1.19. The molecule has 1 amide bonds. The third kappa shape index (κ3) is 4.11. The topological polar surface area (TPSA) is 51.2 Å². The molecule has 2 fully saturated rings. The van der Waals surface area contributed by atoms with Gasteiger partial charge in [-0.3, -0.25) is 9.78 Å². The van der Waals surface area contributed by atoms with Crippen LogP contribution in [0.4, 0.5) is 0 Å². The van der Waals surface area contributed by atoms with Crippen molar-refractivity contribution >= 4 is 40.0 Å². The second-order valence-electron chi connectivity index (χ2n) is 8.58. The van der Waals surface area contributed by atoms with Crippen molar-refractivity contribution in [2.45, 2.75) is 38.3 Å². The molecule has 0 spiro atoms. The van der Waals surface area contributed by atoms with Crippen LogP contribution in [-0.2, 0) is 0 Å². The summed E-state index contributed by atoms with van der Waals surface area (Å²) in [5, 5.41) is 5.48. The fraction of sp³-hybridized carbons (Fsp3) is 0.360. The van der Waals surface area contributed by atoms with E-state index in [2.05, 4.69) is 17.2 Å². The van der Waals surface area contributed by atoms with Crippen molar-refractivity contribution in [3.63, 3.8) is 0 Å². The molecule has 3 atom stereocenters. The van der Waals surface area contributed by atoms with Gasteiger partial charge in [-0.15, -0.1) is 0 Å². The number of nitrogens with one attached hydrogen (secondary N) is 1. The number of nitrogens with zero attached hydrogens (tertiary/aromatic N) is 1. The zero-order valence-electron chi connectivity index (χ0n) is 17.2. The standard InChI is InChI=1S/C25H24Cl2N2O2/c1-2-22(29-25(30)14-3-5-15(26)6-4-14)24-18-12-17(13-19(18)24)31-16-7-8-23-20(11-16)21(27)9-10-28-23/h3-11,17-19,22,24H,2,12-13H2,1H3,(H,29,30). The molecule has 31 heavy (non-hydrogen) atoms. The smallest absolute Gasteiger partial charge is 0.251 e. The van der Waals surface area contributed by atoms with E-state index >= 15 is 0 Å². The third-order valence-corrected chi connectivity index (χ3v) is 7.34. The number of ether oxygens (including phenoxy) is 1. The van der Waals surface area contributed by atoms with Gasteiger partial charge in [0.2, 0.25) is 0 Å². The molecule has 0 aliphatic heterocycles. The van der Waals surface area contributed by atoms with Gasteiger partial charge in [-0.2, -0.15) is 0 Å². The highest BCUT2D eigenvalue weighted by molar-refractivity contribution is 6.35. The summed E-state index contributed by atoms with van der Waals surface area (Å²) in [5.41, 5.74) is 1.52. The second-order valence-corrected chi connectivity index (χ2v) is 9.43. The molecule has 2 aliphatic carbocycles. The first-order valence-corrected chi connectivity index (χ1v) is 11.6. The summed E-state index contributed by atoms with van der Waals surface area (Å²) < 4.78 is 6.28. The minimum absolute atomic E-state index is 0.0251. The Morgan fingerprint density at radius 3 is 2.58 bits per heavy atom. The number of benzene rings is 2. The Bertz CT molecular complexity index is 1110. The van der Waals surface area contributed by atoms with E-state index in [1.54, 1.807) is 36.5 Å². The number of pyridine rings is 1. The molecule has 0 radical (unpaired) electrons. The number of fused-ring (bicyclic) bond motifs is 2. The van der Waals surface area contributed by atoms with Crippen LogP contribution >= 0.6 is 23.2 Å². The lowest BCUT2D eigenvalue weighted by molar-refractivity contribution is 0.0924. The van der Waals surface area contributed by atoms with Crippen molar-refractivity contribution in [1.29, 1.82) is 0 Å². The molecule has 1 heterocycles. The largest absolute Gasteiger partial charge is 0.490 e. The van der Waals surface area contributed by atoms with Crippen LogP contribution in [0.2, 0.25) is 10.0 Å². The molecule has 5 rings (SSSR count). The summed E-state index contributed by atoms with van der Waals surface area (Å²) in [4.78, 5) is 17.0. The van der Waals surface area contributed by atoms with Gasteiger partial charge >= 0.3 is 0 Å². The van der Waals surface area contributed by atoms with Gasteiger partial charge in [0.05, 0.1) is 16.6 Å². The maximum absolute atomic E-state index is 12.6. The van der Waals surface area contributed by atoms with Crippen LogP contribution in [0.3, 0.4) is 0 Å². The molecule has 1 aromatic heterocycles. The van der Waals surface area contributed by atoms with E-state index in [4.69, 9.17) is 27.9 Å². The summed E-state index contributed by atoms with van der Waals surface area (Å²) in [6, 6.07) is 14.9. The first-order chi connectivity index (χ1) is 15.0. The summed E-state index contributed by atoms with van der Waals surface area (Å²) in [5.74, 6) is 2.59. The lowest BCUT2D eigenvalue weighted by Gasteiger charge is -2.22. The SMILES string of the molecule is CCC(NC(=O)c1ccc(Cl)cc1)C1C2CC(Oc3ccc4nccc(Cl)c4c3)CC21. The van der Waals surface area contributed by atoms with Crippen molar-refractivity contribution in [3.05, 3.63) is 70.3 Å². The van der Waals surface area contributed by atoms with Crippen molar-refractivity contribution in [3.8, 4) is 5.75 Å². The molecule has 3 aromatic rings. The molecule has 160 valence electrons. The molecule has 2 aliphatic rings. The minimum atomic E-state index is -0.0251. The molecule has 4 nitrogen and oxygen atoms in total. The zero-order chi connectivity index (χ0) is 21.5. The van der Waals surface area contributed by atoms with Crippen LogP contribution in [0.25, 0.3) is 10.9 Å². The van der Waals surface area contributed by atoms with Gasteiger partial charge in [0.1, 0.15) is 5.75 Å². The highest BCUT2D eigenvalue weighted by atomic mass is 35.5. The normalized spacial score (nSPS) is 25.1. The lowest BCUT2D eigenvalue weighted by Crippen LogP contribution is -2.37. The van der Waals surface area contributed by atoms with Gasteiger partial charge in [-0.25, -0.2) is 0 Å². The number of hydrogen-bond acceptors (Lipinski definition) is 3. The van der Waals surface area contributed by atoms with Crippen molar-refractivity contribution < 1.29 is 9.53 Å². The number of hydrogen-bond donors (Lipinski definition) is 1. The third-order valence-electron chi connectivity index (χ3n) is 6.76. The van der Waals surface area contributed by atoms with E-state index in [1.807, 2.05) is 18.2 Å². The Kier molecular flexibility index (Phi) is 5.53. The molecule has 2 saturated carbocycles. The van der Waals surface area contributed by atoms with E-state index in [1.165, 1.54) is 0 Å². The fourth-order valence-electron chi connectivity index (χ4n) is 5.22. The summed E-state index contributed by atoms with van der Waals surface area (Å²) >= 11 is 12.2. The first-order valence-electron chi connectivity index (χ1n) is 10.8. The van der Waals surface area contributed by atoms with Gasteiger partial charge in [0.15, 0.2) is 0 Å². The molecule has 1 N–H and O–H groups in total. The molecular formula is C25H24Cl2N2O2. The van der Waals surface area contributed by atoms with Crippen molar-refractivity contribution in [2.75, 3.05) is 0 Å². The molecular weight excluding hydrogens is 431 g/mol. The quantitative estimate of drug-likeness (QED) is 0.485. The van der Waals surface area contributed by atoms with E-state index in [-0.39, 0.29) is 18.1 Å². The lowest BCUT2D eigenvalue weighted by atomic mass is 10.00. The maximum Gasteiger partial charge on any atom is 0.251 e. The van der Waals surface area contributed by atoms with Gasteiger partial charge in [0.25, 0.3) is 5.91 Å². The second kappa shape index (κ2) is 8.33. The summed E-state index contributed by atoms with van der Waals surface area (Å²) in [6.07, 6.45) is 4.91. The Labute approximate surface area is 191 Å². The van der Waals surface area contributed by atoms with Crippen LogP contribution in [0.1, 0.15) is 36.5 Å². The molecule has 3 unspecified atom stereocenters. The average Bonchev–Trinajstić information content (AvgIpc) is 3.26. The Hall–Kier alpha value is -2.30. The monoisotopic (exact) mass is 454 g/mol. The Morgan fingerprint density at radius 2 is 1.87 bits per heavy atom. The molecule has 0 saturated heterocycles. The number of halogens is 2.